The molecule has 8 heteroatoms. The normalized spacial score (nSPS) is 25.5. The van der Waals surface area contributed by atoms with Crippen molar-refractivity contribution in [1.29, 1.82) is 0 Å². The third-order valence-corrected chi connectivity index (χ3v) is 4.43. The minimum Gasteiger partial charge on any atom is -0.333 e. The Kier molecular flexibility index (Phi) is 3.44. The van der Waals surface area contributed by atoms with Crippen LogP contribution in [0.1, 0.15) is 42.6 Å². The Morgan fingerprint density at radius 2 is 2.19 bits per heavy atom. The van der Waals surface area contributed by atoms with E-state index in [-0.39, 0.29) is 29.1 Å². The molecule has 8 nitrogen and oxygen atoms in total. The monoisotopic (exact) mass is 292 g/mol. The van der Waals surface area contributed by atoms with Crippen molar-refractivity contribution in [1.82, 2.24) is 15.1 Å². The van der Waals surface area contributed by atoms with Crippen molar-refractivity contribution in [2.24, 2.45) is 5.92 Å². The van der Waals surface area contributed by atoms with Gasteiger partial charge in [-0.15, -0.1) is 0 Å². The van der Waals surface area contributed by atoms with Gasteiger partial charge in [-0.05, 0) is 12.8 Å². The van der Waals surface area contributed by atoms with Crippen LogP contribution in [-0.2, 0) is 4.79 Å². The van der Waals surface area contributed by atoms with Crippen LogP contribution < -0.4 is 0 Å². The molecule has 112 valence electrons. The second-order valence-corrected chi connectivity index (χ2v) is 5.56. The average molecular weight is 292 g/mol. The number of hydrogen-bond acceptors (Lipinski definition) is 5. The second-order valence-electron chi connectivity index (χ2n) is 5.56. The molecule has 1 N–H and O–H groups in total. The third-order valence-electron chi connectivity index (χ3n) is 4.43. The molecule has 0 aromatic carbocycles. The summed E-state index contributed by atoms with van der Waals surface area (Å²) in [5.74, 6) is -0.329. The standard InChI is InChI=1S/C13H16N4O4/c18-11-5-6-16(9-4-2-1-3-8(9)11)13(19)12-10(17(20)21)7-14-15-12/h7-9H,1-6H2,(H,14,15). The number of ketones is 1. The van der Waals surface area contributed by atoms with Crippen molar-refractivity contribution in [3.8, 4) is 0 Å². The Labute approximate surface area is 120 Å². The van der Waals surface area contributed by atoms with Gasteiger partial charge in [0.25, 0.3) is 5.91 Å². The lowest BCUT2D eigenvalue weighted by atomic mass is 9.77. The Morgan fingerprint density at radius 1 is 1.43 bits per heavy atom. The third kappa shape index (κ3) is 2.30. The molecule has 1 aromatic rings. The maximum Gasteiger partial charge on any atom is 0.319 e. The van der Waals surface area contributed by atoms with E-state index in [1.165, 1.54) is 0 Å². The van der Waals surface area contributed by atoms with Crippen molar-refractivity contribution in [2.75, 3.05) is 6.54 Å². The molecular weight excluding hydrogens is 276 g/mol. The molecule has 2 atom stereocenters. The van der Waals surface area contributed by atoms with E-state index < -0.39 is 10.8 Å². The number of amides is 1. The fourth-order valence-corrected chi connectivity index (χ4v) is 3.41. The van der Waals surface area contributed by atoms with Gasteiger partial charge in [0.15, 0.2) is 0 Å². The number of H-pyrrole nitrogens is 1. The predicted octanol–water partition coefficient (Wildman–Crippen LogP) is 1.29. The molecule has 2 unspecified atom stereocenters. The number of Topliss-reactive ketones (excluding diaryl/α,β-unsaturated/α-hetero) is 1. The molecule has 0 spiro atoms. The van der Waals surface area contributed by atoms with Crippen LogP contribution in [0.4, 0.5) is 5.69 Å². The Morgan fingerprint density at radius 3 is 2.95 bits per heavy atom. The number of nitrogens with one attached hydrogen (secondary N) is 1. The lowest BCUT2D eigenvalue weighted by molar-refractivity contribution is -0.385. The number of nitro groups is 1. The van der Waals surface area contributed by atoms with Crippen LogP contribution in [0.3, 0.4) is 0 Å². The first kappa shape index (κ1) is 13.7. The van der Waals surface area contributed by atoms with E-state index in [9.17, 15) is 19.7 Å². The zero-order valence-electron chi connectivity index (χ0n) is 11.4. The van der Waals surface area contributed by atoms with Crippen LogP contribution in [-0.4, -0.2) is 44.3 Å². The number of fused-ring (bicyclic) bond motifs is 1. The van der Waals surface area contributed by atoms with Crippen LogP contribution in [0.25, 0.3) is 0 Å². The summed E-state index contributed by atoms with van der Waals surface area (Å²) in [5.41, 5.74) is -0.414. The summed E-state index contributed by atoms with van der Waals surface area (Å²) in [6.45, 7) is 0.328. The molecule has 3 rings (SSSR count). The topological polar surface area (TPSA) is 109 Å². The minimum absolute atomic E-state index is 0.0985. The maximum absolute atomic E-state index is 12.6. The maximum atomic E-state index is 12.6. The summed E-state index contributed by atoms with van der Waals surface area (Å²) >= 11 is 0. The Hall–Kier alpha value is -2.25. The molecule has 1 saturated heterocycles. The highest BCUT2D eigenvalue weighted by Gasteiger charge is 2.42. The van der Waals surface area contributed by atoms with E-state index in [0.29, 0.717) is 13.0 Å². The lowest BCUT2D eigenvalue weighted by Crippen LogP contribution is -2.53. The highest BCUT2D eigenvalue weighted by Crippen LogP contribution is 2.34. The quantitative estimate of drug-likeness (QED) is 0.652. The first-order valence-corrected chi connectivity index (χ1v) is 7.11. The van der Waals surface area contributed by atoms with Gasteiger partial charge < -0.3 is 4.90 Å². The number of hydrogen-bond donors (Lipinski definition) is 1. The number of carbonyl (C=O) groups excluding carboxylic acids is 2. The van der Waals surface area contributed by atoms with Crippen LogP contribution in [0.2, 0.25) is 0 Å². The van der Waals surface area contributed by atoms with Gasteiger partial charge in [0, 0.05) is 24.9 Å². The molecule has 0 bridgehead atoms. The van der Waals surface area contributed by atoms with Gasteiger partial charge in [0.2, 0.25) is 5.69 Å². The zero-order chi connectivity index (χ0) is 15.0. The van der Waals surface area contributed by atoms with Gasteiger partial charge >= 0.3 is 5.69 Å². The Balaban J connectivity index is 1.88. The van der Waals surface area contributed by atoms with Crippen molar-refractivity contribution >= 4 is 17.4 Å². The number of nitrogens with zero attached hydrogens (tertiary/aromatic N) is 3. The van der Waals surface area contributed by atoms with Crippen LogP contribution >= 0.6 is 0 Å². The molecule has 21 heavy (non-hydrogen) atoms. The largest absolute Gasteiger partial charge is 0.333 e. The van der Waals surface area contributed by atoms with Crippen molar-refractivity contribution in [3.05, 3.63) is 22.0 Å². The van der Waals surface area contributed by atoms with E-state index in [4.69, 9.17) is 0 Å². The molecule has 1 aromatic heterocycles. The van der Waals surface area contributed by atoms with Crippen molar-refractivity contribution in [2.45, 2.75) is 38.1 Å². The van der Waals surface area contributed by atoms with Crippen molar-refractivity contribution < 1.29 is 14.5 Å². The number of piperidine rings is 1. The number of rotatable bonds is 2. The molecule has 1 aliphatic heterocycles. The summed E-state index contributed by atoms with van der Waals surface area (Å²) in [6, 6.07) is -0.129. The SMILES string of the molecule is O=C1CCN(C(=O)c2[nH]ncc2[N+](=O)[O-])C2CCCCC12. The van der Waals surface area contributed by atoms with E-state index in [2.05, 4.69) is 10.2 Å². The fourth-order valence-electron chi connectivity index (χ4n) is 3.41. The molecule has 1 amide bonds. The van der Waals surface area contributed by atoms with E-state index in [1.54, 1.807) is 4.90 Å². The van der Waals surface area contributed by atoms with Gasteiger partial charge in [-0.25, -0.2) is 0 Å². The van der Waals surface area contributed by atoms with Crippen molar-refractivity contribution in [3.63, 3.8) is 0 Å². The summed E-state index contributed by atoms with van der Waals surface area (Å²) < 4.78 is 0. The number of aromatic amines is 1. The summed E-state index contributed by atoms with van der Waals surface area (Å²) in [5, 5.41) is 16.9. The average Bonchev–Trinajstić information content (AvgIpc) is 2.97. The first-order chi connectivity index (χ1) is 10.1. The first-order valence-electron chi connectivity index (χ1n) is 7.11. The van der Waals surface area contributed by atoms with E-state index >= 15 is 0 Å². The molecule has 2 fully saturated rings. The highest BCUT2D eigenvalue weighted by molar-refractivity contribution is 5.97. The highest BCUT2D eigenvalue weighted by atomic mass is 16.6. The lowest BCUT2D eigenvalue weighted by Gasteiger charge is -2.42. The molecule has 1 saturated carbocycles. The summed E-state index contributed by atoms with van der Waals surface area (Å²) in [7, 11) is 0. The summed E-state index contributed by atoms with van der Waals surface area (Å²) in [4.78, 5) is 36.5. The van der Waals surface area contributed by atoms with Gasteiger partial charge in [0.1, 0.15) is 12.0 Å². The van der Waals surface area contributed by atoms with Gasteiger partial charge in [0.05, 0.1) is 4.92 Å². The fraction of sp³-hybridized carbons (Fsp3) is 0.615. The minimum atomic E-state index is -0.621. The molecular formula is C13H16N4O4. The molecule has 1 aliphatic carbocycles. The number of carbonyl (C=O) groups is 2. The van der Waals surface area contributed by atoms with Gasteiger partial charge in [-0.3, -0.25) is 24.8 Å². The van der Waals surface area contributed by atoms with Gasteiger partial charge in [-0.2, -0.15) is 5.10 Å². The van der Waals surface area contributed by atoms with Crippen LogP contribution in [0, 0.1) is 16.0 Å². The van der Waals surface area contributed by atoms with E-state index in [1.807, 2.05) is 0 Å². The molecule has 2 aliphatic rings. The van der Waals surface area contributed by atoms with Gasteiger partial charge in [-0.1, -0.05) is 12.8 Å². The number of aromatic nitrogens is 2. The molecule has 0 radical (unpaired) electrons. The Bertz CT molecular complexity index is 597. The molecule has 2 heterocycles. The van der Waals surface area contributed by atoms with E-state index in [0.717, 1.165) is 31.9 Å². The predicted molar refractivity (Wildman–Crippen MR) is 71.6 cm³/mol. The number of likely N-dealkylation sites (tertiary alicyclic amines) is 1. The van der Waals surface area contributed by atoms with Crippen LogP contribution in [0.5, 0.6) is 0 Å². The zero-order valence-corrected chi connectivity index (χ0v) is 11.4. The smallest absolute Gasteiger partial charge is 0.319 e. The second kappa shape index (κ2) is 5.27. The van der Waals surface area contributed by atoms with Crippen LogP contribution in [0.15, 0.2) is 6.20 Å². The summed E-state index contributed by atoms with van der Waals surface area (Å²) in [6.07, 6.45) is 4.93.